The maximum Gasteiger partial charge on any atom is 0.318 e. The molecule has 1 aliphatic heterocycles. The number of nitrogens with zero attached hydrogens (tertiary/aromatic N) is 4. The molecule has 1 saturated heterocycles. The van der Waals surface area contributed by atoms with Crippen LogP contribution in [-0.2, 0) is 19.1 Å². The van der Waals surface area contributed by atoms with E-state index in [9.17, 15) is 4.79 Å². The van der Waals surface area contributed by atoms with Crippen LogP contribution < -0.4 is 5.32 Å². The smallest absolute Gasteiger partial charge is 0.318 e. The SMILES string of the molecule is C=C(C)c1cccc(C(C)(C)NC(=O)N2CCCN(Cc3c(C)nn(C)c3Cl)CC2)c1. The van der Waals surface area contributed by atoms with Crippen LogP contribution in [0.25, 0.3) is 5.57 Å². The summed E-state index contributed by atoms with van der Waals surface area (Å²) in [7, 11) is 1.86. The van der Waals surface area contributed by atoms with E-state index in [1.807, 2.05) is 51.8 Å². The molecule has 0 spiro atoms. The van der Waals surface area contributed by atoms with Gasteiger partial charge in [-0.15, -0.1) is 0 Å². The Kier molecular flexibility index (Phi) is 7.12. The molecule has 1 aliphatic rings. The van der Waals surface area contributed by atoms with E-state index in [0.29, 0.717) is 11.7 Å². The number of carbonyl (C=O) groups excluding carboxylic acids is 1. The van der Waals surface area contributed by atoms with Crippen LogP contribution in [0.5, 0.6) is 0 Å². The molecule has 7 heteroatoms. The highest BCUT2D eigenvalue weighted by molar-refractivity contribution is 6.30. The van der Waals surface area contributed by atoms with Crippen LogP contribution >= 0.6 is 11.6 Å². The lowest BCUT2D eigenvalue weighted by Crippen LogP contribution is -2.49. The zero-order valence-corrected chi connectivity index (χ0v) is 20.1. The van der Waals surface area contributed by atoms with Gasteiger partial charge in [-0.05, 0) is 51.3 Å². The first kappa shape index (κ1) is 23.4. The minimum absolute atomic E-state index is 0.0248. The molecule has 0 unspecified atom stereocenters. The van der Waals surface area contributed by atoms with E-state index < -0.39 is 5.54 Å². The van der Waals surface area contributed by atoms with Crippen LogP contribution in [0.15, 0.2) is 30.8 Å². The molecular weight excluding hydrogens is 410 g/mol. The number of nitrogens with one attached hydrogen (secondary N) is 1. The number of allylic oxidation sites excluding steroid dienone is 1. The van der Waals surface area contributed by atoms with Crippen LogP contribution in [0.3, 0.4) is 0 Å². The number of halogens is 1. The largest absolute Gasteiger partial charge is 0.329 e. The van der Waals surface area contributed by atoms with Gasteiger partial charge in [0.15, 0.2) is 0 Å². The molecule has 0 bridgehead atoms. The van der Waals surface area contributed by atoms with Gasteiger partial charge in [0.2, 0.25) is 0 Å². The van der Waals surface area contributed by atoms with E-state index >= 15 is 0 Å². The van der Waals surface area contributed by atoms with E-state index in [1.165, 1.54) is 0 Å². The first-order chi connectivity index (χ1) is 14.6. The Balaban J connectivity index is 1.62. The fraction of sp³-hybridized carbons (Fsp3) is 0.500. The summed E-state index contributed by atoms with van der Waals surface area (Å²) in [6.45, 7) is 16.0. The molecule has 1 N–H and O–H groups in total. The van der Waals surface area contributed by atoms with Crippen LogP contribution in [0.2, 0.25) is 5.15 Å². The second-order valence-electron chi connectivity index (χ2n) is 9.01. The number of amides is 2. The Morgan fingerprint density at radius 3 is 2.65 bits per heavy atom. The molecule has 168 valence electrons. The molecule has 31 heavy (non-hydrogen) atoms. The zero-order chi connectivity index (χ0) is 22.8. The van der Waals surface area contributed by atoms with Gasteiger partial charge >= 0.3 is 6.03 Å². The Morgan fingerprint density at radius 1 is 1.26 bits per heavy atom. The topological polar surface area (TPSA) is 53.4 Å². The molecular formula is C24H34ClN5O. The van der Waals surface area contributed by atoms with Gasteiger partial charge in [0.05, 0.1) is 11.2 Å². The Morgan fingerprint density at radius 2 is 2.00 bits per heavy atom. The lowest BCUT2D eigenvalue weighted by Gasteiger charge is -2.31. The lowest BCUT2D eigenvalue weighted by atomic mass is 9.92. The predicted molar refractivity (Wildman–Crippen MR) is 127 cm³/mol. The van der Waals surface area contributed by atoms with Gasteiger partial charge in [-0.25, -0.2) is 4.79 Å². The van der Waals surface area contributed by atoms with Crippen LogP contribution in [-0.4, -0.2) is 51.8 Å². The monoisotopic (exact) mass is 443 g/mol. The van der Waals surface area contributed by atoms with E-state index in [0.717, 1.165) is 60.6 Å². The first-order valence-electron chi connectivity index (χ1n) is 10.8. The maximum atomic E-state index is 13.1. The summed E-state index contributed by atoms with van der Waals surface area (Å²) in [6.07, 6.45) is 0.927. The third-order valence-electron chi connectivity index (χ3n) is 6.02. The van der Waals surface area contributed by atoms with Crippen molar-refractivity contribution in [3.8, 4) is 0 Å². The van der Waals surface area contributed by atoms with Gasteiger partial charge in [-0.1, -0.05) is 42.0 Å². The third kappa shape index (κ3) is 5.49. The van der Waals surface area contributed by atoms with E-state index in [4.69, 9.17) is 11.6 Å². The van der Waals surface area contributed by atoms with Crippen LogP contribution in [0, 0.1) is 6.92 Å². The minimum atomic E-state index is -0.477. The minimum Gasteiger partial charge on any atom is -0.329 e. The van der Waals surface area contributed by atoms with Gasteiger partial charge in [0.1, 0.15) is 5.15 Å². The maximum absolute atomic E-state index is 13.1. The van der Waals surface area contributed by atoms with E-state index in [-0.39, 0.29) is 6.03 Å². The third-order valence-corrected chi connectivity index (χ3v) is 6.50. The number of aromatic nitrogens is 2. The molecule has 2 aromatic rings. The molecule has 3 rings (SSSR count). The molecule has 2 amide bonds. The van der Waals surface area contributed by atoms with Crippen molar-refractivity contribution < 1.29 is 4.79 Å². The quantitative estimate of drug-likeness (QED) is 0.736. The van der Waals surface area contributed by atoms with Crippen molar-refractivity contribution in [1.82, 2.24) is 24.9 Å². The number of benzene rings is 1. The normalized spacial score (nSPS) is 15.6. The molecule has 1 fully saturated rings. The summed E-state index contributed by atoms with van der Waals surface area (Å²) in [5.74, 6) is 0. The number of hydrogen-bond donors (Lipinski definition) is 1. The molecule has 0 atom stereocenters. The van der Waals surface area contributed by atoms with Crippen molar-refractivity contribution in [1.29, 1.82) is 0 Å². The first-order valence-corrected chi connectivity index (χ1v) is 11.2. The van der Waals surface area contributed by atoms with Crippen molar-refractivity contribution in [3.63, 3.8) is 0 Å². The highest BCUT2D eigenvalue weighted by Crippen LogP contribution is 2.24. The Hall–Kier alpha value is -2.31. The lowest BCUT2D eigenvalue weighted by molar-refractivity contribution is 0.186. The van der Waals surface area contributed by atoms with Crippen molar-refractivity contribution >= 4 is 23.2 Å². The Labute approximate surface area is 190 Å². The molecule has 6 nitrogen and oxygen atoms in total. The fourth-order valence-corrected chi connectivity index (χ4v) is 4.24. The number of carbonyl (C=O) groups is 1. The number of rotatable bonds is 5. The Bertz CT molecular complexity index is 965. The predicted octanol–water partition coefficient (Wildman–Crippen LogP) is 4.57. The summed E-state index contributed by atoms with van der Waals surface area (Å²) in [5, 5.41) is 8.32. The van der Waals surface area contributed by atoms with Crippen molar-refractivity contribution in [2.75, 3.05) is 26.2 Å². The van der Waals surface area contributed by atoms with Gasteiger partial charge < -0.3 is 10.2 Å². The summed E-state index contributed by atoms with van der Waals surface area (Å²) < 4.78 is 1.72. The van der Waals surface area contributed by atoms with E-state index in [1.54, 1.807) is 4.68 Å². The number of urea groups is 1. The average Bonchev–Trinajstić information content (AvgIpc) is 2.89. The van der Waals surface area contributed by atoms with Gasteiger partial charge in [-0.2, -0.15) is 5.10 Å². The molecule has 2 heterocycles. The van der Waals surface area contributed by atoms with Crippen molar-refractivity contribution in [2.24, 2.45) is 7.05 Å². The molecule has 0 saturated carbocycles. The van der Waals surface area contributed by atoms with Crippen molar-refractivity contribution in [3.05, 3.63) is 58.4 Å². The van der Waals surface area contributed by atoms with Crippen LogP contribution in [0.4, 0.5) is 4.79 Å². The van der Waals surface area contributed by atoms with Gasteiger partial charge in [0, 0.05) is 45.3 Å². The second kappa shape index (κ2) is 9.45. The molecule has 1 aromatic heterocycles. The summed E-state index contributed by atoms with van der Waals surface area (Å²) in [6, 6.07) is 8.19. The van der Waals surface area contributed by atoms with Crippen molar-refractivity contribution in [2.45, 2.75) is 46.2 Å². The molecule has 1 aromatic carbocycles. The highest BCUT2D eigenvalue weighted by Gasteiger charge is 2.27. The summed E-state index contributed by atoms with van der Waals surface area (Å²) in [5.41, 5.74) is 4.73. The number of hydrogen-bond acceptors (Lipinski definition) is 3. The molecule has 0 aliphatic carbocycles. The zero-order valence-electron chi connectivity index (χ0n) is 19.3. The fourth-order valence-electron chi connectivity index (χ4n) is 4.00. The van der Waals surface area contributed by atoms with E-state index in [2.05, 4.69) is 34.0 Å². The molecule has 0 radical (unpaired) electrons. The van der Waals surface area contributed by atoms with Crippen LogP contribution in [0.1, 0.15) is 49.6 Å². The van der Waals surface area contributed by atoms with Gasteiger partial charge in [0.25, 0.3) is 0 Å². The summed E-state index contributed by atoms with van der Waals surface area (Å²) in [4.78, 5) is 17.4. The average molecular weight is 444 g/mol. The summed E-state index contributed by atoms with van der Waals surface area (Å²) >= 11 is 6.41. The highest BCUT2D eigenvalue weighted by atomic mass is 35.5. The number of aryl methyl sites for hydroxylation is 2. The second-order valence-corrected chi connectivity index (χ2v) is 9.37. The standard InChI is InChI=1S/C24H34ClN5O/c1-17(2)19-9-7-10-20(15-19)24(4,5)26-23(31)30-12-8-11-29(13-14-30)16-21-18(3)27-28(6)22(21)25/h7,9-10,15H,1,8,11-14,16H2,2-6H3,(H,26,31). The van der Waals surface area contributed by atoms with Gasteiger partial charge in [-0.3, -0.25) is 9.58 Å².